The Morgan fingerprint density at radius 3 is 2.59 bits per heavy atom. The van der Waals surface area contributed by atoms with Crippen molar-refractivity contribution in [1.82, 2.24) is 20.1 Å². The monoisotopic (exact) mass is 532 g/mol. The molecule has 2 aromatic carbocycles. The second-order valence-electron chi connectivity index (χ2n) is 11.8. The summed E-state index contributed by atoms with van der Waals surface area (Å²) in [5.74, 6) is -0.672. The lowest BCUT2D eigenvalue weighted by atomic mass is 9.69. The second-order valence-corrected chi connectivity index (χ2v) is 11.8. The number of carbonyl (C=O) groups is 1. The van der Waals surface area contributed by atoms with Gasteiger partial charge in [0, 0.05) is 67.9 Å². The van der Waals surface area contributed by atoms with Crippen LogP contribution in [0.2, 0.25) is 0 Å². The molecular weight excluding hydrogens is 495 g/mol. The minimum Gasteiger partial charge on any atom is -0.396 e. The maximum absolute atomic E-state index is 15.0. The molecule has 3 fully saturated rings. The summed E-state index contributed by atoms with van der Waals surface area (Å²) in [7, 11) is 0. The number of carbonyl (C=O) groups excluding carboxylic acids is 1. The number of aromatic nitrogens is 1. The Kier molecular flexibility index (Phi) is 7.04. The molecule has 1 aromatic heterocycles. The first-order chi connectivity index (χ1) is 18.9. The number of benzene rings is 2. The first-order valence-corrected chi connectivity index (χ1v) is 14.2. The van der Waals surface area contributed by atoms with Crippen LogP contribution in [0.5, 0.6) is 0 Å². The van der Waals surface area contributed by atoms with E-state index in [2.05, 4.69) is 15.5 Å². The summed E-state index contributed by atoms with van der Waals surface area (Å²) >= 11 is 0. The van der Waals surface area contributed by atoms with Crippen LogP contribution in [0.4, 0.5) is 4.39 Å². The third kappa shape index (κ3) is 5.25. The Balaban J connectivity index is 1.44. The molecule has 1 saturated heterocycles. The molecule has 206 valence electrons. The van der Waals surface area contributed by atoms with Crippen molar-refractivity contribution in [3.63, 3.8) is 0 Å². The summed E-state index contributed by atoms with van der Waals surface area (Å²) in [5, 5.41) is 17.9. The Hall–Kier alpha value is -3.07. The summed E-state index contributed by atoms with van der Waals surface area (Å²) < 4.78 is 16.8. The number of nitrogens with zero attached hydrogens (tertiary/aromatic N) is 2. The van der Waals surface area contributed by atoms with Gasteiger partial charge in [0.1, 0.15) is 5.82 Å². The molecule has 0 spiro atoms. The fourth-order valence-corrected chi connectivity index (χ4v) is 6.00. The quantitative estimate of drug-likeness (QED) is 0.413. The highest BCUT2D eigenvalue weighted by Gasteiger charge is 2.37. The van der Waals surface area contributed by atoms with Gasteiger partial charge in [-0.1, -0.05) is 12.5 Å². The molecule has 7 nitrogen and oxygen atoms in total. The average molecular weight is 533 g/mol. The van der Waals surface area contributed by atoms with Crippen LogP contribution in [0.3, 0.4) is 0 Å². The minimum absolute atomic E-state index is 0.0687. The summed E-state index contributed by atoms with van der Waals surface area (Å²) in [6.45, 7) is 6.70. The zero-order valence-corrected chi connectivity index (χ0v) is 22.6. The molecule has 2 aliphatic carbocycles. The molecule has 0 atom stereocenters. The molecule has 8 heteroatoms. The molecule has 3 aliphatic rings. The maximum atomic E-state index is 15.0. The van der Waals surface area contributed by atoms with Crippen LogP contribution in [0.25, 0.3) is 21.9 Å². The smallest absolute Gasteiger partial charge is 0.258 e. The van der Waals surface area contributed by atoms with Crippen molar-refractivity contribution in [2.75, 3.05) is 32.8 Å². The number of pyridine rings is 1. The van der Waals surface area contributed by atoms with Gasteiger partial charge in [-0.2, -0.15) is 0 Å². The van der Waals surface area contributed by atoms with Crippen molar-refractivity contribution < 1.29 is 14.3 Å². The predicted molar refractivity (Wildman–Crippen MR) is 150 cm³/mol. The van der Waals surface area contributed by atoms with Crippen molar-refractivity contribution >= 4 is 16.7 Å². The van der Waals surface area contributed by atoms with Gasteiger partial charge in [0.05, 0.1) is 6.61 Å². The van der Waals surface area contributed by atoms with E-state index < -0.39 is 5.82 Å². The third-order valence-electron chi connectivity index (χ3n) is 8.86. The highest BCUT2D eigenvalue weighted by atomic mass is 19.1. The van der Waals surface area contributed by atoms with Gasteiger partial charge in [0.25, 0.3) is 11.5 Å². The van der Waals surface area contributed by atoms with Crippen LogP contribution in [0.1, 0.15) is 53.6 Å². The molecule has 0 unspecified atom stereocenters. The Bertz CT molecular complexity index is 1460. The van der Waals surface area contributed by atoms with Crippen molar-refractivity contribution in [3.05, 3.63) is 69.4 Å². The first kappa shape index (κ1) is 26.2. The number of halogens is 1. The van der Waals surface area contributed by atoms with Gasteiger partial charge in [-0.15, -0.1) is 0 Å². The van der Waals surface area contributed by atoms with E-state index in [0.29, 0.717) is 35.2 Å². The van der Waals surface area contributed by atoms with Crippen LogP contribution in [-0.4, -0.2) is 59.3 Å². The van der Waals surface area contributed by atoms with Crippen molar-refractivity contribution in [2.45, 2.75) is 58.2 Å². The molecule has 1 aliphatic heterocycles. The lowest BCUT2D eigenvalue weighted by Crippen LogP contribution is -2.43. The van der Waals surface area contributed by atoms with Gasteiger partial charge in [0.15, 0.2) is 0 Å². The summed E-state index contributed by atoms with van der Waals surface area (Å²) in [6.07, 6.45) is 6.83. The number of amides is 1. The molecule has 6 rings (SSSR count). The van der Waals surface area contributed by atoms with Gasteiger partial charge in [-0.05, 0) is 84.5 Å². The molecule has 39 heavy (non-hydrogen) atoms. The van der Waals surface area contributed by atoms with Gasteiger partial charge in [0.2, 0.25) is 0 Å². The van der Waals surface area contributed by atoms with E-state index in [9.17, 15) is 14.7 Å². The highest BCUT2D eigenvalue weighted by Crippen LogP contribution is 2.42. The summed E-state index contributed by atoms with van der Waals surface area (Å²) in [6, 6.07) is 8.93. The van der Waals surface area contributed by atoms with Crippen LogP contribution in [0, 0.1) is 18.2 Å². The van der Waals surface area contributed by atoms with Crippen LogP contribution in [0.15, 0.2) is 41.3 Å². The number of hydrogen-bond donors (Lipinski definition) is 3. The highest BCUT2D eigenvalue weighted by molar-refractivity contribution is 5.97. The van der Waals surface area contributed by atoms with E-state index in [1.54, 1.807) is 17.6 Å². The van der Waals surface area contributed by atoms with Crippen LogP contribution in [-0.2, 0) is 13.1 Å². The maximum Gasteiger partial charge on any atom is 0.258 e. The lowest BCUT2D eigenvalue weighted by molar-refractivity contribution is 0.0267. The van der Waals surface area contributed by atoms with E-state index in [4.69, 9.17) is 0 Å². The largest absolute Gasteiger partial charge is 0.396 e. The minimum atomic E-state index is -0.417. The molecule has 2 heterocycles. The third-order valence-corrected chi connectivity index (χ3v) is 8.86. The zero-order valence-electron chi connectivity index (χ0n) is 22.6. The molecule has 0 bridgehead atoms. The number of aliphatic hydroxyl groups excluding tert-OH is 1. The van der Waals surface area contributed by atoms with Gasteiger partial charge in [-0.3, -0.25) is 14.5 Å². The normalized spacial score (nSPS) is 19.2. The van der Waals surface area contributed by atoms with Gasteiger partial charge < -0.3 is 20.3 Å². The number of rotatable bonds is 8. The number of piperazine rings is 1. The van der Waals surface area contributed by atoms with E-state index >= 15 is 4.39 Å². The van der Waals surface area contributed by atoms with E-state index in [1.165, 1.54) is 6.07 Å². The van der Waals surface area contributed by atoms with Gasteiger partial charge in [-0.25, -0.2) is 4.39 Å². The van der Waals surface area contributed by atoms with Gasteiger partial charge >= 0.3 is 0 Å². The topological polar surface area (TPSA) is 86.6 Å². The number of aliphatic hydroxyl groups is 1. The molecule has 1 amide bonds. The van der Waals surface area contributed by atoms with Crippen LogP contribution < -0.4 is 16.2 Å². The lowest BCUT2D eigenvalue weighted by Gasteiger charge is -2.40. The summed E-state index contributed by atoms with van der Waals surface area (Å²) in [5.41, 5.74) is 2.98. The van der Waals surface area contributed by atoms with Crippen molar-refractivity contribution in [3.8, 4) is 11.1 Å². The van der Waals surface area contributed by atoms with E-state index in [1.807, 2.05) is 24.4 Å². The molecule has 3 aromatic rings. The van der Waals surface area contributed by atoms with Crippen molar-refractivity contribution in [2.24, 2.45) is 5.41 Å². The zero-order chi connectivity index (χ0) is 27.1. The fraction of sp³-hybridized carbons (Fsp3) is 0.484. The van der Waals surface area contributed by atoms with Crippen LogP contribution >= 0.6 is 0 Å². The first-order valence-electron chi connectivity index (χ1n) is 14.2. The number of hydrogen-bond acceptors (Lipinski definition) is 5. The fourth-order valence-electron chi connectivity index (χ4n) is 6.00. The average Bonchev–Trinajstić information content (AvgIpc) is 3.74. The van der Waals surface area contributed by atoms with E-state index in [-0.39, 0.29) is 29.5 Å². The standard InChI is InChI=1S/C31H37FN4O3/c1-20-26(14-22(15-28(20)32)29(38)34-24-4-5-24)21-3-6-25-27(13-21)23(16-35-11-9-33-10-12-35)17-36(30(25)39)18-31(19-37)7-2-8-31/h3,6,13-15,17,24,33,37H,2,4-5,7-12,16,18-19H2,1H3,(H,34,38). The van der Waals surface area contributed by atoms with E-state index in [0.717, 1.165) is 74.8 Å². The molecular formula is C31H37FN4O3. The number of fused-ring (bicyclic) bond motifs is 1. The Morgan fingerprint density at radius 1 is 1.15 bits per heavy atom. The second kappa shape index (κ2) is 10.5. The number of nitrogens with one attached hydrogen (secondary N) is 2. The Labute approximate surface area is 228 Å². The SMILES string of the molecule is Cc1c(F)cc(C(=O)NC2CC2)cc1-c1ccc2c(=O)n(CC3(CO)CCC3)cc(CN3CCNCC3)c2c1. The molecule has 0 radical (unpaired) electrons. The summed E-state index contributed by atoms with van der Waals surface area (Å²) in [4.78, 5) is 28.8. The molecule has 2 saturated carbocycles. The molecule has 3 N–H and O–H groups in total. The Morgan fingerprint density at radius 2 is 1.92 bits per heavy atom. The van der Waals surface area contributed by atoms with Crippen molar-refractivity contribution in [1.29, 1.82) is 0 Å². The predicted octanol–water partition coefficient (Wildman–Crippen LogP) is 3.58.